The molecule has 2 aromatic heterocycles. The molecule has 19 heteroatoms. The molecule has 62 heavy (non-hydrogen) atoms. The van der Waals surface area contributed by atoms with Gasteiger partial charge in [0.1, 0.15) is 31.7 Å². The smallest absolute Gasteiger partial charge is 0.408 e. The van der Waals surface area contributed by atoms with Crippen molar-refractivity contribution in [1.82, 2.24) is 30.2 Å². The van der Waals surface area contributed by atoms with Crippen LogP contribution in [0.1, 0.15) is 60.8 Å². The third kappa shape index (κ3) is 11.9. The standard InChI is InChI=1S/C43H45N7O12/c1-26(51)60-35-33(62-40(36(35)61-27(2)52)50-25-46-34-37(44-24-45-38(34)50)49-39(53)30-17-11-6-12-18-30)21-31(47-42(55)58-22-28-13-7-4-8-14-28)19-20-32(41(54)57-3)48-43(56)59-23-29-15-9-5-10-16-29/h4-18,24-25,31-33,35-36,40H,19-23H2,1-3H3,(H,47,55)(H,48,56)(H,44,45,49,53)/t31-,32-,33+,35?,36?,40+/m0/s1. The van der Waals surface area contributed by atoms with Gasteiger partial charge in [0.2, 0.25) is 0 Å². The molecule has 19 nitrogen and oxygen atoms in total. The lowest BCUT2D eigenvalue weighted by Crippen LogP contribution is -2.45. The van der Waals surface area contributed by atoms with Gasteiger partial charge in [-0.1, -0.05) is 78.9 Å². The zero-order chi connectivity index (χ0) is 44.0. The number of anilines is 1. The van der Waals surface area contributed by atoms with E-state index in [-0.39, 0.29) is 49.5 Å². The maximum absolute atomic E-state index is 13.3. The molecule has 3 N–H and O–H groups in total. The van der Waals surface area contributed by atoms with E-state index in [1.54, 1.807) is 78.9 Å². The number of aromatic nitrogens is 4. The summed E-state index contributed by atoms with van der Waals surface area (Å²) in [6, 6.07) is 24.3. The Balaban J connectivity index is 1.26. The molecule has 1 fully saturated rings. The van der Waals surface area contributed by atoms with E-state index in [0.717, 1.165) is 11.1 Å². The number of benzene rings is 3. The molecular formula is C43H45N7O12. The quantitative estimate of drug-likeness (QED) is 0.0844. The minimum absolute atomic E-state index is 0.0143. The van der Waals surface area contributed by atoms with E-state index in [1.165, 1.54) is 38.2 Å². The van der Waals surface area contributed by atoms with Gasteiger partial charge in [-0.25, -0.2) is 29.3 Å². The Kier molecular flexibility index (Phi) is 15.1. The predicted octanol–water partition coefficient (Wildman–Crippen LogP) is 4.77. The molecule has 3 aromatic carbocycles. The van der Waals surface area contributed by atoms with Crippen molar-refractivity contribution >= 4 is 53.0 Å². The van der Waals surface area contributed by atoms with Crippen LogP contribution in [-0.2, 0) is 56.0 Å². The SMILES string of the molecule is COC(=O)[C@H](CC[C@@H](C[C@H]1O[C@@H](n2cnc3c(NC(=O)c4ccccc4)ncnc32)C(OC(C)=O)C1OC(C)=O)NC(=O)OCc1ccccc1)NC(=O)OCc1ccccc1. The molecule has 0 spiro atoms. The summed E-state index contributed by atoms with van der Waals surface area (Å²) >= 11 is 0. The second kappa shape index (κ2) is 21.2. The third-order valence-corrected chi connectivity index (χ3v) is 9.64. The van der Waals surface area contributed by atoms with Gasteiger partial charge in [0.15, 0.2) is 35.4 Å². The highest BCUT2D eigenvalue weighted by molar-refractivity contribution is 6.06. The average Bonchev–Trinajstić information content (AvgIpc) is 3.84. The van der Waals surface area contributed by atoms with Crippen molar-refractivity contribution in [2.75, 3.05) is 12.4 Å². The lowest BCUT2D eigenvalue weighted by Gasteiger charge is -2.27. The van der Waals surface area contributed by atoms with E-state index in [0.29, 0.717) is 5.56 Å². The highest BCUT2D eigenvalue weighted by atomic mass is 16.6. The van der Waals surface area contributed by atoms with Crippen molar-refractivity contribution in [2.24, 2.45) is 0 Å². The molecule has 2 unspecified atom stereocenters. The zero-order valence-electron chi connectivity index (χ0n) is 34.0. The van der Waals surface area contributed by atoms with Gasteiger partial charge in [-0.05, 0) is 42.5 Å². The maximum atomic E-state index is 13.3. The van der Waals surface area contributed by atoms with E-state index < -0.39 is 72.6 Å². The number of esters is 3. The van der Waals surface area contributed by atoms with Crippen molar-refractivity contribution in [2.45, 2.75) is 82.9 Å². The largest absolute Gasteiger partial charge is 0.467 e. The highest BCUT2D eigenvalue weighted by Crippen LogP contribution is 2.38. The summed E-state index contributed by atoms with van der Waals surface area (Å²) < 4.78 is 35.3. The minimum Gasteiger partial charge on any atom is -0.467 e. The number of ether oxygens (including phenoxy) is 6. The van der Waals surface area contributed by atoms with E-state index in [9.17, 15) is 28.8 Å². The van der Waals surface area contributed by atoms with Crippen molar-refractivity contribution in [3.05, 3.63) is 120 Å². The number of fused-ring (bicyclic) bond motifs is 1. The van der Waals surface area contributed by atoms with Crippen LogP contribution in [0.5, 0.6) is 0 Å². The molecular weight excluding hydrogens is 807 g/mol. The Bertz CT molecular complexity index is 2330. The van der Waals surface area contributed by atoms with Crippen LogP contribution in [0, 0.1) is 0 Å². The van der Waals surface area contributed by atoms with Gasteiger partial charge >= 0.3 is 30.1 Å². The van der Waals surface area contributed by atoms with Gasteiger partial charge in [0, 0.05) is 25.5 Å². The van der Waals surface area contributed by atoms with Crippen LogP contribution in [0.15, 0.2) is 104 Å². The number of amides is 3. The first-order chi connectivity index (χ1) is 30.0. The molecule has 6 atom stereocenters. The van der Waals surface area contributed by atoms with E-state index >= 15 is 0 Å². The van der Waals surface area contributed by atoms with Gasteiger partial charge < -0.3 is 44.4 Å². The average molecular weight is 852 g/mol. The first-order valence-electron chi connectivity index (χ1n) is 19.5. The fourth-order valence-corrected chi connectivity index (χ4v) is 6.80. The fraction of sp³-hybridized carbons (Fsp3) is 0.326. The molecule has 6 rings (SSSR count). The van der Waals surface area contributed by atoms with Crippen LogP contribution in [-0.4, -0.2) is 93.0 Å². The second-order valence-electron chi connectivity index (χ2n) is 14.1. The lowest BCUT2D eigenvalue weighted by atomic mass is 9.97. The number of imidazole rings is 1. The van der Waals surface area contributed by atoms with Crippen LogP contribution < -0.4 is 16.0 Å². The summed E-state index contributed by atoms with van der Waals surface area (Å²) in [5.74, 6) is -2.57. The Morgan fingerprint density at radius 3 is 1.90 bits per heavy atom. The van der Waals surface area contributed by atoms with Crippen molar-refractivity contribution in [3.63, 3.8) is 0 Å². The number of methoxy groups -OCH3 is 1. The lowest BCUT2D eigenvalue weighted by molar-refractivity contribution is -0.165. The fourth-order valence-electron chi connectivity index (χ4n) is 6.80. The number of carbonyl (C=O) groups excluding carboxylic acids is 6. The predicted molar refractivity (Wildman–Crippen MR) is 218 cm³/mol. The second-order valence-corrected chi connectivity index (χ2v) is 14.1. The Hall–Kier alpha value is -7.41. The summed E-state index contributed by atoms with van der Waals surface area (Å²) in [5.41, 5.74) is 2.19. The van der Waals surface area contributed by atoms with Crippen LogP contribution in [0.25, 0.3) is 11.2 Å². The van der Waals surface area contributed by atoms with E-state index in [4.69, 9.17) is 28.4 Å². The van der Waals surface area contributed by atoms with Crippen LogP contribution in [0.3, 0.4) is 0 Å². The van der Waals surface area contributed by atoms with Crippen molar-refractivity contribution in [3.8, 4) is 0 Å². The van der Waals surface area contributed by atoms with E-state index in [1.807, 2.05) is 12.1 Å². The number of carbonyl (C=O) groups is 6. The molecule has 1 aliphatic heterocycles. The normalized spacial score (nSPS) is 17.8. The molecule has 324 valence electrons. The molecule has 0 saturated carbocycles. The summed E-state index contributed by atoms with van der Waals surface area (Å²) in [7, 11) is 1.17. The molecule has 0 aliphatic carbocycles. The molecule has 5 aromatic rings. The zero-order valence-corrected chi connectivity index (χ0v) is 34.0. The maximum Gasteiger partial charge on any atom is 0.408 e. The number of nitrogens with one attached hydrogen (secondary N) is 3. The molecule has 1 aliphatic rings. The van der Waals surface area contributed by atoms with Crippen molar-refractivity contribution < 1.29 is 57.2 Å². The highest BCUT2D eigenvalue weighted by Gasteiger charge is 2.51. The number of alkyl carbamates (subject to hydrolysis) is 2. The summed E-state index contributed by atoms with van der Waals surface area (Å²) in [6.45, 7) is 2.24. The first-order valence-corrected chi connectivity index (χ1v) is 19.5. The molecule has 1 saturated heterocycles. The number of hydrogen-bond donors (Lipinski definition) is 3. The molecule has 0 bridgehead atoms. The van der Waals surface area contributed by atoms with Gasteiger partial charge in [-0.15, -0.1) is 0 Å². The topological polar surface area (TPSA) is 237 Å². The third-order valence-electron chi connectivity index (χ3n) is 9.64. The van der Waals surface area contributed by atoms with Crippen LogP contribution >= 0.6 is 0 Å². The van der Waals surface area contributed by atoms with Gasteiger partial charge in [0.25, 0.3) is 5.91 Å². The number of hydrogen-bond acceptors (Lipinski definition) is 15. The van der Waals surface area contributed by atoms with Gasteiger partial charge in [-0.3, -0.25) is 19.0 Å². The minimum atomic E-state index is -1.27. The Morgan fingerprint density at radius 1 is 0.726 bits per heavy atom. The first kappa shape index (κ1) is 44.2. The Labute approximate surface area is 355 Å². The van der Waals surface area contributed by atoms with Gasteiger partial charge in [-0.2, -0.15) is 0 Å². The van der Waals surface area contributed by atoms with E-state index in [2.05, 4.69) is 30.9 Å². The monoisotopic (exact) mass is 851 g/mol. The Morgan fingerprint density at radius 2 is 1.31 bits per heavy atom. The van der Waals surface area contributed by atoms with Gasteiger partial charge in [0.05, 0.1) is 13.4 Å². The van der Waals surface area contributed by atoms with Crippen LogP contribution in [0.4, 0.5) is 15.4 Å². The van der Waals surface area contributed by atoms with Crippen molar-refractivity contribution in [1.29, 1.82) is 0 Å². The molecule has 3 heterocycles. The molecule has 3 amide bonds. The summed E-state index contributed by atoms with van der Waals surface area (Å²) in [6.07, 6.45) is -4.09. The van der Waals surface area contributed by atoms with Crippen LogP contribution in [0.2, 0.25) is 0 Å². The number of rotatable bonds is 17. The number of nitrogens with zero attached hydrogens (tertiary/aromatic N) is 4. The molecule has 0 radical (unpaired) electrons. The summed E-state index contributed by atoms with van der Waals surface area (Å²) in [5, 5.41) is 8.08. The summed E-state index contributed by atoms with van der Waals surface area (Å²) in [4.78, 5) is 90.4.